The van der Waals surface area contributed by atoms with Crippen molar-refractivity contribution < 1.29 is 4.74 Å². The van der Waals surface area contributed by atoms with E-state index in [2.05, 4.69) is 23.3 Å². The van der Waals surface area contributed by atoms with Gasteiger partial charge < -0.3 is 10.5 Å². The number of ether oxygens (including phenoxy) is 1. The van der Waals surface area contributed by atoms with E-state index in [0.29, 0.717) is 0 Å². The zero-order valence-electron chi connectivity index (χ0n) is 11.7. The second kappa shape index (κ2) is 5.52. The van der Waals surface area contributed by atoms with Crippen molar-refractivity contribution in [2.45, 2.75) is 44.2 Å². The van der Waals surface area contributed by atoms with Crippen molar-refractivity contribution in [2.75, 3.05) is 26.3 Å². The van der Waals surface area contributed by atoms with Crippen molar-refractivity contribution in [2.24, 2.45) is 5.73 Å². The highest BCUT2D eigenvalue weighted by atomic mass is 32.1. The van der Waals surface area contributed by atoms with E-state index in [9.17, 15) is 0 Å². The summed E-state index contributed by atoms with van der Waals surface area (Å²) in [6.45, 7) is 5.99. The second-order valence-electron chi connectivity index (χ2n) is 5.82. The third kappa shape index (κ3) is 2.35. The minimum absolute atomic E-state index is 0.152. The van der Waals surface area contributed by atoms with E-state index in [1.165, 1.54) is 36.1 Å². The van der Waals surface area contributed by atoms with Gasteiger partial charge in [0.05, 0.1) is 13.2 Å². The summed E-state index contributed by atoms with van der Waals surface area (Å²) in [5.41, 5.74) is 8.27. The fourth-order valence-corrected chi connectivity index (χ4v) is 4.58. The Labute approximate surface area is 119 Å². The Balaban J connectivity index is 1.89. The van der Waals surface area contributed by atoms with E-state index in [-0.39, 0.29) is 11.6 Å². The molecule has 2 fully saturated rings. The van der Waals surface area contributed by atoms with Gasteiger partial charge in [0, 0.05) is 29.5 Å². The maximum absolute atomic E-state index is 6.74. The lowest BCUT2D eigenvalue weighted by atomic mass is 9.82. The maximum Gasteiger partial charge on any atom is 0.0594 e. The van der Waals surface area contributed by atoms with Crippen molar-refractivity contribution >= 4 is 11.3 Å². The van der Waals surface area contributed by atoms with Gasteiger partial charge in [0.15, 0.2) is 0 Å². The van der Waals surface area contributed by atoms with Crippen molar-refractivity contribution in [1.29, 1.82) is 0 Å². The van der Waals surface area contributed by atoms with Crippen LogP contribution in [0.2, 0.25) is 0 Å². The van der Waals surface area contributed by atoms with Crippen LogP contribution in [0.25, 0.3) is 0 Å². The summed E-state index contributed by atoms with van der Waals surface area (Å²) in [5.74, 6) is 0. The topological polar surface area (TPSA) is 38.5 Å². The third-order valence-electron chi connectivity index (χ3n) is 4.92. The molecule has 106 valence electrons. The molecule has 1 saturated heterocycles. The van der Waals surface area contributed by atoms with Gasteiger partial charge in [0.1, 0.15) is 0 Å². The first-order valence-electron chi connectivity index (χ1n) is 7.36. The Morgan fingerprint density at radius 2 is 2.00 bits per heavy atom. The minimum atomic E-state index is 0.152. The molecule has 2 aliphatic rings. The quantitative estimate of drug-likeness (QED) is 0.925. The van der Waals surface area contributed by atoms with Crippen LogP contribution in [0.5, 0.6) is 0 Å². The summed E-state index contributed by atoms with van der Waals surface area (Å²) in [6.07, 6.45) is 5.11. The zero-order valence-corrected chi connectivity index (χ0v) is 12.5. The van der Waals surface area contributed by atoms with Gasteiger partial charge in [-0.1, -0.05) is 12.8 Å². The van der Waals surface area contributed by atoms with Gasteiger partial charge in [-0.2, -0.15) is 0 Å². The van der Waals surface area contributed by atoms with Crippen molar-refractivity contribution in [3.05, 3.63) is 21.9 Å². The van der Waals surface area contributed by atoms with Crippen molar-refractivity contribution in [3.8, 4) is 0 Å². The third-order valence-corrected chi connectivity index (χ3v) is 5.78. The first-order valence-corrected chi connectivity index (χ1v) is 8.24. The molecule has 19 heavy (non-hydrogen) atoms. The van der Waals surface area contributed by atoms with Crippen LogP contribution in [0.1, 0.15) is 42.2 Å². The summed E-state index contributed by atoms with van der Waals surface area (Å²) in [5, 5.41) is 2.17. The molecule has 1 aromatic heterocycles. The fourth-order valence-electron chi connectivity index (χ4n) is 3.83. The molecule has 0 aromatic carbocycles. The summed E-state index contributed by atoms with van der Waals surface area (Å²) < 4.78 is 5.52. The van der Waals surface area contributed by atoms with Gasteiger partial charge in [0.2, 0.25) is 0 Å². The number of nitrogens with zero attached hydrogens (tertiary/aromatic N) is 1. The lowest BCUT2D eigenvalue weighted by Crippen LogP contribution is -2.57. The first kappa shape index (κ1) is 13.6. The number of hydrogen-bond donors (Lipinski definition) is 1. The summed E-state index contributed by atoms with van der Waals surface area (Å²) in [4.78, 5) is 4.00. The average Bonchev–Trinajstić information content (AvgIpc) is 3.08. The lowest BCUT2D eigenvalue weighted by Gasteiger charge is -2.47. The van der Waals surface area contributed by atoms with Crippen LogP contribution in [0.15, 0.2) is 11.4 Å². The molecule has 1 saturated carbocycles. The molecule has 1 aromatic rings. The van der Waals surface area contributed by atoms with Gasteiger partial charge in [-0.3, -0.25) is 4.90 Å². The Morgan fingerprint density at radius 3 is 2.58 bits per heavy atom. The van der Waals surface area contributed by atoms with Crippen LogP contribution >= 0.6 is 11.3 Å². The zero-order chi connectivity index (χ0) is 13.3. The van der Waals surface area contributed by atoms with Gasteiger partial charge in [-0.05, 0) is 36.8 Å². The SMILES string of the molecule is Cc1sccc1C(N)C1(N2CCOCC2)CCCC1. The molecule has 2 N–H and O–H groups in total. The normalized spacial score (nSPS) is 25.6. The van der Waals surface area contributed by atoms with Gasteiger partial charge in [-0.15, -0.1) is 11.3 Å². The molecule has 4 heteroatoms. The fraction of sp³-hybridized carbons (Fsp3) is 0.733. The summed E-state index contributed by atoms with van der Waals surface area (Å²) >= 11 is 1.81. The molecule has 1 unspecified atom stereocenters. The number of morpholine rings is 1. The molecule has 1 aliphatic heterocycles. The molecular formula is C15H24N2OS. The molecule has 0 bridgehead atoms. The van der Waals surface area contributed by atoms with E-state index in [1.807, 2.05) is 11.3 Å². The van der Waals surface area contributed by atoms with E-state index < -0.39 is 0 Å². The van der Waals surface area contributed by atoms with Gasteiger partial charge in [-0.25, -0.2) is 0 Å². The monoisotopic (exact) mass is 280 g/mol. The molecule has 3 nitrogen and oxygen atoms in total. The molecule has 0 spiro atoms. The molecule has 0 amide bonds. The Bertz CT molecular complexity index is 420. The van der Waals surface area contributed by atoms with Crippen LogP contribution in [-0.4, -0.2) is 36.7 Å². The number of hydrogen-bond acceptors (Lipinski definition) is 4. The second-order valence-corrected chi connectivity index (χ2v) is 6.94. The smallest absolute Gasteiger partial charge is 0.0594 e. The Morgan fingerprint density at radius 1 is 1.32 bits per heavy atom. The highest BCUT2D eigenvalue weighted by molar-refractivity contribution is 7.10. The van der Waals surface area contributed by atoms with E-state index in [1.54, 1.807) is 0 Å². The number of nitrogens with two attached hydrogens (primary N) is 1. The number of aryl methyl sites for hydroxylation is 1. The molecule has 0 radical (unpaired) electrons. The van der Waals surface area contributed by atoms with Crippen LogP contribution in [0.4, 0.5) is 0 Å². The Kier molecular flexibility index (Phi) is 3.94. The Hall–Kier alpha value is -0.420. The maximum atomic E-state index is 6.74. The molecule has 1 aliphatic carbocycles. The van der Waals surface area contributed by atoms with Crippen LogP contribution < -0.4 is 5.73 Å². The molecule has 2 heterocycles. The largest absolute Gasteiger partial charge is 0.379 e. The summed E-state index contributed by atoms with van der Waals surface area (Å²) in [6, 6.07) is 2.38. The lowest BCUT2D eigenvalue weighted by molar-refractivity contribution is -0.0311. The van der Waals surface area contributed by atoms with E-state index in [0.717, 1.165) is 26.3 Å². The van der Waals surface area contributed by atoms with Gasteiger partial charge in [0.25, 0.3) is 0 Å². The first-order chi connectivity index (χ1) is 9.24. The average molecular weight is 280 g/mol. The standard InChI is InChI=1S/C15H24N2OS/c1-12-13(4-11-19-12)14(16)15(5-2-3-6-15)17-7-9-18-10-8-17/h4,11,14H,2-3,5-10,16H2,1H3. The van der Waals surface area contributed by atoms with Crippen LogP contribution in [0.3, 0.4) is 0 Å². The van der Waals surface area contributed by atoms with E-state index >= 15 is 0 Å². The molecular weight excluding hydrogens is 256 g/mol. The highest BCUT2D eigenvalue weighted by Crippen LogP contribution is 2.44. The predicted octanol–water partition coefficient (Wildman–Crippen LogP) is 2.70. The number of thiophene rings is 1. The van der Waals surface area contributed by atoms with E-state index in [4.69, 9.17) is 10.5 Å². The van der Waals surface area contributed by atoms with Crippen molar-refractivity contribution in [1.82, 2.24) is 4.90 Å². The molecule has 1 atom stereocenters. The van der Waals surface area contributed by atoms with Crippen LogP contribution in [0, 0.1) is 6.92 Å². The molecule has 3 rings (SSSR count). The van der Waals surface area contributed by atoms with Crippen LogP contribution in [-0.2, 0) is 4.74 Å². The highest BCUT2D eigenvalue weighted by Gasteiger charge is 2.45. The van der Waals surface area contributed by atoms with Gasteiger partial charge >= 0.3 is 0 Å². The summed E-state index contributed by atoms with van der Waals surface area (Å²) in [7, 11) is 0. The predicted molar refractivity (Wildman–Crippen MR) is 79.6 cm³/mol. The van der Waals surface area contributed by atoms with Crippen molar-refractivity contribution in [3.63, 3.8) is 0 Å². The minimum Gasteiger partial charge on any atom is -0.379 e. The number of rotatable bonds is 3.